The van der Waals surface area contributed by atoms with Gasteiger partial charge in [-0.2, -0.15) is 18.4 Å². The van der Waals surface area contributed by atoms with Crippen molar-refractivity contribution in [1.82, 2.24) is 0 Å². The van der Waals surface area contributed by atoms with Crippen LogP contribution in [0.1, 0.15) is 11.1 Å². The van der Waals surface area contributed by atoms with E-state index in [0.29, 0.717) is 12.1 Å². The highest BCUT2D eigenvalue weighted by molar-refractivity contribution is 6.40. The fourth-order valence-corrected chi connectivity index (χ4v) is 4.38. The van der Waals surface area contributed by atoms with E-state index in [1.165, 1.54) is 24.3 Å². The molecule has 0 heterocycles. The molecule has 0 aromatic heterocycles. The van der Waals surface area contributed by atoms with Crippen LogP contribution in [0.3, 0.4) is 0 Å². The summed E-state index contributed by atoms with van der Waals surface area (Å²) in [6.45, 7) is 0. The third-order valence-corrected chi connectivity index (χ3v) is 6.30. The van der Waals surface area contributed by atoms with Crippen molar-refractivity contribution in [2.45, 2.75) is 6.18 Å². The number of ether oxygens (including phenoxy) is 2. The second-order valence-corrected chi connectivity index (χ2v) is 9.80. The summed E-state index contributed by atoms with van der Waals surface area (Å²) in [4.78, 5) is 39.6. The van der Waals surface area contributed by atoms with Crippen LogP contribution in [0.25, 0.3) is 0 Å². The highest BCUT2D eigenvalue weighted by Crippen LogP contribution is 2.41. The zero-order valence-electron chi connectivity index (χ0n) is 22.4. The minimum atomic E-state index is -4.66. The second kappa shape index (κ2) is 14.6. The van der Waals surface area contributed by atoms with Crippen LogP contribution in [0.15, 0.2) is 66.7 Å². The van der Waals surface area contributed by atoms with E-state index in [9.17, 15) is 53.6 Å². The lowest BCUT2D eigenvalue weighted by molar-refractivity contribution is -0.422. The molecule has 4 aromatic carbocycles. The van der Waals surface area contributed by atoms with Crippen LogP contribution >= 0.6 is 34.8 Å². The summed E-state index contributed by atoms with van der Waals surface area (Å²) in [6.07, 6.45) is -4.66. The highest BCUT2D eigenvalue weighted by Gasteiger charge is 2.32. The Balaban J connectivity index is 0.000000257. The molecule has 0 saturated carbocycles. The van der Waals surface area contributed by atoms with Gasteiger partial charge in [-0.05, 0) is 42.5 Å². The van der Waals surface area contributed by atoms with E-state index >= 15 is 0 Å². The summed E-state index contributed by atoms with van der Waals surface area (Å²) < 4.78 is 48.5. The van der Waals surface area contributed by atoms with Gasteiger partial charge in [-0.25, -0.2) is 0 Å². The molecule has 4 rings (SSSR count). The van der Waals surface area contributed by atoms with Crippen LogP contribution < -0.4 is 9.47 Å². The van der Waals surface area contributed by atoms with Crippen molar-refractivity contribution in [3.8, 4) is 29.1 Å². The van der Waals surface area contributed by atoms with Crippen LogP contribution in [0.5, 0.6) is 23.0 Å². The van der Waals surface area contributed by atoms with Crippen molar-refractivity contribution in [3.63, 3.8) is 0 Å². The first-order chi connectivity index (χ1) is 21.9. The number of hydrogen-bond donors (Lipinski definition) is 0. The topological polar surface area (TPSA) is 215 Å². The lowest BCUT2D eigenvalue weighted by Gasteiger charge is -2.11. The van der Waals surface area contributed by atoms with Crippen molar-refractivity contribution in [2.24, 2.45) is 0 Å². The summed E-state index contributed by atoms with van der Waals surface area (Å²) in [7, 11) is 0. The standard InChI is InChI=1S/C14H6F3N3O5.C12H5Cl3N2O5/c15-14(16,17)9-1-4-13(8(5-9)7-18)25-10-2-3-11(19(21)22)12(6-10)20(23)24;13-6-3-8(14)12(9(15)4-6)22-7-1-2-10(16(18)19)11(5-7)17(20)21/h1-6H;1-5H. The number of nitro groups is 4. The number of alkyl halides is 3. The van der Waals surface area contributed by atoms with E-state index in [4.69, 9.17) is 49.5 Å². The maximum absolute atomic E-state index is 12.6. The van der Waals surface area contributed by atoms with Crippen LogP contribution in [0.4, 0.5) is 35.9 Å². The molecular weight excluding hydrogens is 706 g/mol. The average molecular weight is 717 g/mol. The van der Waals surface area contributed by atoms with Crippen LogP contribution in [0, 0.1) is 51.8 Å². The SMILES string of the molecule is N#Cc1cc(C(F)(F)F)ccc1Oc1ccc([N+](=O)[O-])c([N+](=O)[O-])c1.O=[N+]([O-])c1ccc(Oc2c(Cl)cc(Cl)cc2Cl)cc1[N+](=O)[O-]. The number of halogens is 6. The predicted octanol–water partition coefficient (Wildman–Crippen LogP) is 9.44. The fraction of sp³-hybridized carbons (Fsp3) is 0.0385. The molecule has 0 atom stereocenters. The van der Waals surface area contributed by atoms with E-state index < -0.39 is 59.7 Å². The summed E-state index contributed by atoms with van der Waals surface area (Å²) in [5.74, 6) is -0.508. The molecule has 4 aromatic rings. The minimum Gasteiger partial charge on any atom is -0.456 e. The molecule has 0 aliphatic rings. The Labute approximate surface area is 273 Å². The summed E-state index contributed by atoms with van der Waals surface area (Å²) in [5.41, 5.74) is -4.49. The zero-order valence-corrected chi connectivity index (χ0v) is 24.7. The molecule has 21 heteroatoms. The number of nitro benzene ring substituents is 4. The van der Waals surface area contributed by atoms with Crippen molar-refractivity contribution < 1.29 is 42.3 Å². The number of benzene rings is 4. The highest BCUT2D eigenvalue weighted by atomic mass is 35.5. The van der Waals surface area contributed by atoms with E-state index in [1.807, 2.05) is 0 Å². The van der Waals surface area contributed by atoms with Gasteiger partial charge in [-0.15, -0.1) is 0 Å². The van der Waals surface area contributed by atoms with E-state index in [0.717, 1.165) is 36.4 Å². The fourth-order valence-electron chi connectivity index (χ4n) is 3.49. The summed E-state index contributed by atoms with van der Waals surface area (Å²) in [5, 5.41) is 52.7. The third-order valence-electron chi connectivity index (χ3n) is 5.52. The van der Waals surface area contributed by atoms with Gasteiger partial charge in [0.1, 0.15) is 23.3 Å². The molecule has 0 saturated heterocycles. The van der Waals surface area contributed by atoms with Crippen molar-refractivity contribution in [1.29, 1.82) is 5.26 Å². The van der Waals surface area contributed by atoms with Crippen molar-refractivity contribution in [2.75, 3.05) is 0 Å². The second-order valence-electron chi connectivity index (χ2n) is 8.55. The van der Waals surface area contributed by atoms with E-state index in [1.54, 1.807) is 0 Å². The van der Waals surface area contributed by atoms with Gasteiger partial charge in [0.25, 0.3) is 0 Å². The van der Waals surface area contributed by atoms with Crippen LogP contribution in [-0.2, 0) is 6.18 Å². The molecule has 0 radical (unpaired) electrons. The van der Waals surface area contributed by atoms with E-state index in [-0.39, 0.29) is 38.1 Å². The lowest BCUT2D eigenvalue weighted by Crippen LogP contribution is -2.05. The molecular formula is C26H11Cl3F3N5O10. The molecule has 0 aliphatic carbocycles. The van der Waals surface area contributed by atoms with Gasteiger partial charge in [-0.3, -0.25) is 40.5 Å². The summed E-state index contributed by atoms with van der Waals surface area (Å²) in [6, 6.07) is 12.1. The maximum Gasteiger partial charge on any atom is 0.416 e. The Morgan fingerprint density at radius 3 is 1.49 bits per heavy atom. The lowest BCUT2D eigenvalue weighted by atomic mass is 10.1. The van der Waals surface area contributed by atoms with Gasteiger partial charge in [0.2, 0.25) is 0 Å². The maximum atomic E-state index is 12.6. The molecule has 15 nitrogen and oxygen atoms in total. The molecule has 0 unspecified atom stereocenters. The van der Waals surface area contributed by atoms with Gasteiger partial charge in [0.05, 0.1) is 53.0 Å². The average Bonchev–Trinajstić information content (AvgIpc) is 2.98. The monoisotopic (exact) mass is 715 g/mol. The number of nitriles is 1. The Hall–Kier alpha value is -5.77. The number of hydrogen-bond acceptors (Lipinski definition) is 11. The Morgan fingerprint density at radius 1 is 0.638 bits per heavy atom. The van der Waals surface area contributed by atoms with Gasteiger partial charge in [0.15, 0.2) is 5.75 Å². The molecule has 0 fully saturated rings. The Bertz CT molecular complexity index is 1950. The number of nitrogens with zero attached hydrogens (tertiary/aromatic N) is 5. The van der Waals surface area contributed by atoms with Gasteiger partial charge >= 0.3 is 28.9 Å². The minimum absolute atomic E-state index is 0.0246. The first-order valence-electron chi connectivity index (χ1n) is 11.9. The quantitative estimate of drug-likeness (QED) is 0.124. The van der Waals surface area contributed by atoms with Crippen LogP contribution in [-0.4, -0.2) is 19.7 Å². The normalized spacial score (nSPS) is 10.6. The molecule has 242 valence electrons. The zero-order chi connectivity index (χ0) is 35.2. The molecule has 0 aliphatic heterocycles. The molecule has 0 N–H and O–H groups in total. The van der Waals surface area contributed by atoms with Gasteiger partial charge < -0.3 is 9.47 Å². The van der Waals surface area contributed by atoms with Gasteiger partial charge in [-0.1, -0.05) is 34.8 Å². The Kier molecular flexibility index (Phi) is 11.1. The van der Waals surface area contributed by atoms with Crippen molar-refractivity contribution in [3.05, 3.63) is 133 Å². The number of rotatable bonds is 8. The van der Waals surface area contributed by atoms with E-state index in [2.05, 4.69) is 0 Å². The van der Waals surface area contributed by atoms with Gasteiger partial charge in [0, 0.05) is 17.2 Å². The Morgan fingerprint density at radius 2 is 1.09 bits per heavy atom. The molecule has 0 amide bonds. The largest absolute Gasteiger partial charge is 0.456 e. The molecule has 0 spiro atoms. The molecule has 0 bridgehead atoms. The first-order valence-corrected chi connectivity index (χ1v) is 13.0. The smallest absolute Gasteiger partial charge is 0.416 e. The molecule has 47 heavy (non-hydrogen) atoms. The first kappa shape index (κ1) is 35.7. The summed E-state index contributed by atoms with van der Waals surface area (Å²) >= 11 is 17.6. The van der Waals surface area contributed by atoms with Crippen molar-refractivity contribution >= 4 is 57.6 Å². The third kappa shape index (κ3) is 8.91. The predicted molar refractivity (Wildman–Crippen MR) is 157 cm³/mol. The van der Waals surface area contributed by atoms with Crippen LogP contribution in [0.2, 0.25) is 15.1 Å².